The second-order valence-corrected chi connectivity index (χ2v) is 8.21. The van der Waals surface area contributed by atoms with Crippen molar-refractivity contribution in [1.29, 1.82) is 0 Å². The van der Waals surface area contributed by atoms with Gasteiger partial charge in [0.1, 0.15) is 0 Å². The highest BCUT2D eigenvalue weighted by atomic mass is 16.2. The molecule has 0 aromatic heterocycles. The second kappa shape index (κ2) is 5.77. The molecule has 0 radical (unpaired) electrons. The van der Waals surface area contributed by atoms with Gasteiger partial charge in [0.25, 0.3) is 11.8 Å². The largest absolute Gasteiger partial charge is 0.298 e. The summed E-state index contributed by atoms with van der Waals surface area (Å²) in [4.78, 5) is 28.8. The summed E-state index contributed by atoms with van der Waals surface area (Å²) in [6, 6.07) is 15.2. The van der Waals surface area contributed by atoms with Gasteiger partial charge in [0.05, 0.1) is 33.8 Å². The molecule has 0 bridgehead atoms. The van der Waals surface area contributed by atoms with Crippen LogP contribution < -0.4 is 9.91 Å². The van der Waals surface area contributed by atoms with E-state index in [1.165, 1.54) is 5.01 Å². The van der Waals surface area contributed by atoms with Crippen LogP contribution in [0.25, 0.3) is 11.1 Å². The first-order chi connectivity index (χ1) is 13.8. The molecule has 5 rings (SSSR count). The molecule has 0 atom stereocenters. The van der Waals surface area contributed by atoms with Crippen LogP contribution >= 0.6 is 0 Å². The lowest BCUT2D eigenvalue weighted by Crippen LogP contribution is -2.46. The van der Waals surface area contributed by atoms with E-state index in [1.807, 2.05) is 67.3 Å². The van der Waals surface area contributed by atoms with E-state index in [2.05, 4.69) is 18.1 Å². The van der Waals surface area contributed by atoms with Gasteiger partial charge in [-0.3, -0.25) is 14.5 Å². The summed E-state index contributed by atoms with van der Waals surface area (Å²) < 4.78 is 0. The number of carbonyl (C=O) groups excluding carboxylic acids is 2. The quantitative estimate of drug-likeness (QED) is 0.685. The Morgan fingerprint density at radius 3 is 2.24 bits per heavy atom. The fraction of sp³-hybridized carbons (Fsp3) is 0.208. The Balaban J connectivity index is 1.74. The van der Waals surface area contributed by atoms with E-state index in [1.54, 1.807) is 6.92 Å². The van der Waals surface area contributed by atoms with Gasteiger partial charge in [-0.1, -0.05) is 42.5 Å². The minimum absolute atomic E-state index is 0.144. The molecule has 29 heavy (non-hydrogen) atoms. The van der Waals surface area contributed by atoms with E-state index < -0.39 is 5.54 Å². The molecule has 0 unspecified atom stereocenters. The number of amides is 2. The fourth-order valence-electron chi connectivity index (χ4n) is 4.63. The minimum Gasteiger partial charge on any atom is -0.298 e. The van der Waals surface area contributed by atoms with Crippen LogP contribution in [0.5, 0.6) is 0 Å². The predicted molar refractivity (Wildman–Crippen MR) is 116 cm³/mol. The monoisotopic (exact) mass is 383 g/mol. The highest BCUT2D eigenvalue weighted by molar-refractivity contribution is 6.46. The zero-order valence-electron chi connectivity index (χ0n) is 16.9. The van der Waals surface area contributed by atoms with Crippen LogP contribution in [0.2, 0.25) is 0 Å². The molecular weight excluding hydrogens is 362 g/mol. The number of rotatable bonds is 1. The van der Waals surface area contributed by atoms with Crippen molar-refractivity contribution in [2.45, 2.75) is 33.2 Å². The number of benzene rings is 2. The number of hydrazone groups is 1. The third-order valence-corrected chi connectivity index (χ3v) is 5.79. The molecule has 0 N–H and O–H groups in total. The van der Waals surface area contributed by atoms with Crippen molar-refractivity contribution >= 4 is 40.0 Å². The minimum atomic E-state index is -0.474. The van der Waals surface area contributed by atoms with Crippen molar-refractivity contribution in [2.24, 2.45) is 5.10 Å². The molecule has 5 heteroatoms. The maximum atomic E-state index is 13.6. The lowest BCUT2D eigenvalue weighted by Gasteiger charge is -2.38. The first-order valence-corrected chi connectivity index (χ1v) is 9.68. The highest BCUT2D eigenvalue weighted by Gasteiger charge is 2.47. The molecule has 3 heterocycles. The van der Waals surface area contributed by atoms with Gasteiger partial charge in [-0.25, -0.2) is 0 Å². The summed E-state index contributed by atoms with van der Waals surface area (Å²) in [7, 11) is 0. The van der Waals surface area contributed by atoms with E-state index in [4.69, 9.17) is 0 Å². The van der Waals surface area contributed by atoms with E-state index >= 15 is 0 Å². The van der Waals surface area contributed by atoms with Crippen molar-refractivity contribution < 1.29 is 9.59 Å². The van der Waals surface area contributed by atoms with Crippen LogP contribution in [0.15, 0.2) is 65.3 Å². The fourth-order valence-corrected chi connectivity index (χ4v) is 4.63. The van der Waals surface area contributed by atoms with E-state index in [-0.39, 0.29) is 11.8 Å². The Morgan fingerprint density at radius 1 is 0.828 bits per heavy atom. The van der Waals surface area contributed by atoms with Gasteiger partial charge < -0.3 is 0 Å². The number of anilines is 2. The first-order valence-electron chi connectivity index (χ1n) is 9.68. The van der Waals surface area contributed by atoms with Crippen molar-refractivity contribution in [3.8, 4) is 0 Å². The van der Waals surface area contributed by atoms with Crippen LogP contribution in [0.4, 0.5) is 11.4 Å². The van der Waals surface area contributed by atoms with Crippen LogP contribution in [-0.2, 0) is 9.59 Å². The summed E-state index contributed by atoms with van der Waals surface area (Å²) in [5.41, 5.74) is 5.47. The lowest BCUT2D eigenvalue weighted by atomic mass is 9.89. The zero-order valence-corrected chi connectivity index (χ0v) is 16.9. The molecule has 0 saturated heterocycles. The van der Waals surface area contributed by atoms with Crippen molar-refractivity contribution in [3.63, 3.8) is 0 Å². The number of hydrogen-bond acceptors (Lipinski definition) is 3. The molecule has 0 aliphatic carbocycles. The van der Waals surface area contributed by atoms with Crippen LogP contribution in [0, 0.1) is 0 Å². The summed E-state index contributed by atoms with van der Waals surface area (Å²) in [6.07, 6.45) is 2.11. The number of para-hydroxylation sites is 2. The van der Waals surface area contributed by atoms with Crippen LogP contribution in [-0.4, -0.2) is 23.1 Å². The van der Waals surface area contributed by atoms with Crippen LogP contribution in [0.1, 0.15) is 38.8 Å². The van der Waals surface area contributed by atoms with E-state index in [0.29, 0.717) is 22.5 Å². The number of carbonyl (C=O) groups is 2. The Hall–Kier alpha value is -3.47. The zero-order chi connectivity index (χ0) is 20.5. The van der Waals surface area contributed by atoms with E-state index in [9.17, 15) is 9.59 Å². The van der Waals surface area contributed by atoms with Crippen molar-refractivity contribution in [2.75, 3.05) is 9.91 Å². The maximum Gasteiger partial charge on any atom is 0.281 e. The van der Waals surface area contributed by atoms with Crippen LogP contribution in [0.3, 0.4) is 0 Å². The normalized spacial score (nSPS) is 22.1. The molecule has 144 valence electrons. The average molecular weight is 383 g/mol. The number of allylic oxidation sites excluding steroid dienone is 1. The molecule has 3 aliphatic heterocycles. The topological polar surface area (TPSA) is 53.0 Å². The third kappa shape index (κ3) is 2.30. The average Bonchev–Trinajstić information content (AvgIpc) is 3.14. The lowest BCUT2D eigenvalue weighted by molar-refractivity contribution is -0.116. The van der Waals surface area contributed by atoms with Gasteiger partial charge >= 0.3 is 0 Å². The molecule has 2 aromatic carbocycles. The Bertz CT molecular complexity index is 1190. The standard InChI is InChI=1S/C24H21N3O2/c1-14-13-24(3,4)26-21-17(14)11-8-12-18(21)20(22(26)28)19-15(2)25-27(23(19)29)16-9-6-5-7-10-16/h5-13H,1-4H3/b20-19+. The first kappa shape index (κ1) is 17.6. The second-order valence-electron chi connectivity index (χ2n) is 8.21. The van der Waals surface area contributed by atoms with Crippen molar-refractivity contribution in [1.82, 2.24) is 0 Å². The summed E-state index contributed by atoms with van der Waals surface area (Å²) in [5, 5.41) is 5.85. The smallest absolute Gasteiger partial charge is 0.281 e. The third-order valence-electron chi connectivity index (χ3n) is 5.79. The van der Waals surface area contributed by atoms with Gasteiger partial charge in [-0.05, 0) is 45.4 Å². The van der Waals surface area contributed by atoms with Gasteiger partial charge in [0, 0.05) is 11.1 Å². The Morgan fingerprint density at radius 2 is 1.52 bits per heavy atom. The molecule has 0 spiro atoms. The predicted octanol–water partition coefficient (Wildman–Crippen LogP) is 4.41. The highest BCUT2D eigenvalue weighted by Crippen LogP contribution is 2.50. The summed E-state index contributed by atoms with van der Waals surface area (Å²) in [5.74, 6) is -0.411. The molecular formula is C24H21N3O2. The van der Waals surface area contributed by atoms with Gasteiger partial charge in [0.2, 0.25) is 0 Å². The van der Waals surface area contributed by atoms with Gasteiger partial charge in [-0.15, -0.1) is 0 Å². The van der Waals surface area contributed by atoms with Gasteiger partial charge in [0.15, 0.2) is 0 Å². The number of hydrogen-bond donors (Lipinski definition) is 0. The number of nitrogens with zero attached hydrogens (tertiary/aromatic N) is 3. The summed E-state index contributed by atoms with van der Waals surface area (Å²) >= 11 is 0. The molecule has 5 nitrogen and oxygen atoms in total. The van der Waals surface area contributed by atoms with Gasteiger partial charge in [-0.2, -0.15) is 10.1 Å². The molecule has 0 saturated carbocycles. The summed E-state index contributed by atoms with van der Waals surface area (Å²) in [6.45, 7) is 7.90. The Labute approximate surface area is 169 Å². The Kier molecular flexibility index (Phi) is 3.50. The molecule has 3 aliphatic rings. The van der Waals surface area contributed by atoms with Crippen molar-refractivity contribution in [3.05, 3.63) is 71.3 Å². The molecule has 0 fully saturated rings. The SMILES string of the molecule is CC1=CC(C)(C)N2C(=O)/C(=C3/C(=O)N(c4ccccc4)N=C3C)c3cccc1c32. The molecule has 2 amide bonds. The maximum absolute atomic E-state index is 13.6. The molecule has 2 aromatic rings. The van der Waals surface area contributed by atoms with E-state index in [0.717, 1.165) is 22.4 Å².